The Kier molecular flexibility index (Phi) is 10.2. The second-order valence-electron chi connectivity index (χ2n) is 5.19. The first kappa shape index (κ1) is 22.7. The number of carboxylic acids is 2. The summed E-state index contributed by atoms with van der Waals surface area (Å²) in [6, 6.07) is -3.73. The quantitative estimate of drug-likeness (QED) is 0.179. The van der Waals surface area contributed by atoms with Crippen LogP contribution in [0.25, 0.3) is 0 Å². The highest BCUT2D eigenvalue weighted by Crippen LogP contribution is 2.02. The van der Waals surface area contributed by atoms with Gasteiger partial charge in [0.2, 0.25) is 17.7 Å². The second-order valence-corrected chi connectivity index (χ2v) is 5.55. The largest absolute Gasteiger partial charge is 0.481 e. The first-order valence-electron chi connectivity index (χ1n) is 7.28. The number of nitrogens with two attached hydrogens (primary N) is 2. The minimum absolute atomic E-state index is 0.0528. The molecule has 0 heterocycles. The third kappa shape index (κ3) is 9.52. The van der Waals surface area contributed by atoms with Gasteiger partial charge >= 0.3 is 11.9 Å². The van der Waals surface area contributed by atoms with Gasteiger partial charge in [0, 0.05) is 18.6 Å². The van der Waals surface area contributed by atoms with Gasteiger partial charge in [0.05, 0.1) is 6.04 Å². The number of carboxylic acid groups (broad SMARTS) is 2. The Bertz CT molecular complexity index is 529. The number of thiol groups is 1. The van der Waals surface area contributed by atoms with E-state index in [1.165, 1.54) is 0 Å². The summed E-state index contributed by atoms with van der Waals surface area (Å²) in [7, 11) is 0. The number of amides is 3. The Hall–Kier alpha value is -2.34. The highest BCUT2D eigenvalue weighted by molar-refractivity contribution is 7.80. The molecule has 3 amide bonds. The van der Waals surface area contributed by atoms with Crippen molar-refractivity contribution in [2.45, 2.75) is 43.8 Å². The SMILES string of the molecule is NC(=O)CC[C@H](N)C(=O)N[C@@H](CCC(=O)O)C(=O)N[C@@H](CS)C(=O)O. The smallest absolute Gasteiger partial charge is 0.327 e. The van der Waals surface area contributed by atoms with Gasteiger partial charge in [-0.3, -0.25) is 19.2 Å². The fraction of sp³-hybridized carbons (Fsp3) is 0.615. The van der Waals surface area contributed by atoms with Crippen LogP contribution in [0, 0.1) is 0 Å². The zero-order valence-corrected chi connectivity index (χ0v) is 14.2. The Morgan fingerprint density at radius 1 is 0.920 bits per heavy atom. The van der Waals surface area contributed by atoms with E-state index in [9.17, 15) is 24.0 Å². The summed E-state index contributed by atoms with van der Waals surface area (Å²) in [5, 5.41) is 22.0. The molecular formula is C13H22N4O7S. The molecule has 12 heteroatoms. The first-order valence-corrected chi connectivity index (χ1v) is 7.91. The van der Waals surface area contributed by atoms with Gasteiger partial charge in [-0.15, -0.1) is 0 Å². The van der Waals surface area contributed by atoms with Crippen molar-refractivity contribution in [2.24, 2.45) is 11.5 Å². The molecule has 0 bridgehead atoms. The molecule has 0 saturated heterocycles. The topological polar surface area (TPSA) is 202 Å². The summed E-state index contributed by atoms with van der Waals surface area (Å²) in [4.78, 5) is 56.4. The molecule has 0 aliphatic rings. The summed E-state index contributed by atoms with van der Waals surface area (Å²) in [5.41, 5.74) is 10.5. The summed E-state index contributed by atoms with van der Waals surface area (Å²) in [6.45, 7) is 0. The summed E-state index contributed by atoms with van der Waals surface area (Å²) < 4.78 is 0. The second kappa shape index (κ2) is 11.3. The van der Waals surface area contributed by atoms with Gasteiger partial charge in [-0.1, -0.05) is 0 Å². The average molecular weight is 378 g/mol. The summed E-state index contributed by atoms with van der Waals surface area (Å²) in [5.74, 6) is -5.04. The van der Waals surface area contributed by atoms with E-state index >= 15 is 0 Å². The van der Waals surface area contributed by atoms with E-state index in [-0.39, 0.29) is 25.0 Å². The lowest BCUT2D eigenvalue weighted by Gasteiger charge is -2.22. The third-order valence-corrected chi connectivity index (χ3v) is 3.48. The molecule has 8 N–H and O–H groups in total. The van der Waals surface area contributed by atoms with Gasteiger partial charge in [-0.05, 0) is 12.8 Å². The molecule has 11 nitrogen and oxygen atoms in total. The number of hydrogen-bond donors (Lipinski definition) is 7. The van der Waals surface area contributed by atoms with E-state index in [0.717, 1.165) is 0 Å². The molecule has 0 rings (SSSR count). The van der Waals surface area contributed by atoms with E-state index in [1.807, 2.05) is 0 Å². The molecule has 0 aromatic heterocycles. The molecule has 142 valence electrons. The van der Waals surface area contributed by atoms with Gasteiger partial charge in [0.1, 0.15) is 12.1 Å². The van der Waals surface area contributed by atoms with Crippen LogP contribution in [-0.4, -0.2) is 63.8 Å². The molecule has 0 unspecified atom stereocenters. The molecular weight excluding hydrogens is 356 g/mol. The summed E-state index contributed by atoms with van der Waals surface area (Å²) in [6.07, 6.45) is -0.897. The van der Waals surface area contributed by atoms with E-state index in [4.69, 9.17) is 21.7 Å². The Morgan fingerprint density at radius 3 is 1.92 bits per heavy atom. The Labute approximate surface area is 148 Å². The van der Waals surface area contributed by atoms with Crippen molar-refractivity contribution in [2.75, 3.05) is 5.75 Å². The third-order valence-electron chi connectivity index (χ3n) is 3.12. The van der Waals surface area contributed by atoms with Crippen LogP contribution in [0.3, 0.4) is 0 Å². The van der Waals surface area contributed by atoms with Gasteiger partial charge in [-0.25, -0.2) is 4.79 Å². The van der Waals surface area contributed by atoms with E-state index in [1.54, 1.807) is 0 Å². The number of primary amides is 1. The highest BCUT2D eigenvalue weighted by atomic mass is 32.1. The molecule has 0 aromatic carbocycles. The molecule has 0 fully saturated rings. The van der Waals surface area contributed by atoms with Gasteiger partial charge in [0.25, 0.3) is 0 Å². The molecule has 0 spiro atoms. The van der Waals surface area contributed by atoms with Crippen molar-refractivity contribution >= 4 is 42.3 Å². The fourth-order valence-electron chi connectivity index (χ4n) is 1.70. The number of aliphatic carboxylic acids is 2. The maximum atomic E-state index is 12.1. The predicted octanol–water partition coefficient (Wildman–Crippen LogP) is -2.57. The maximum absolute atomic E-state index is 12.1. The van der Waals surface area contributed by atoms with Crippen LogP contribution in [-0.2, 0) is 24.0 Å². The number of rotatable bonds is 12. The normalized spacial score (nSPS) is 14.0. The lowest BCUT2D eigenvalue weighted by Crippen LogP contribution is -2.55. The van der Waals surface area contributed by atoms with Crippen molar-refractivity contribution in [1.29, 1.82) is 0 Å². The van der Waals surface area contributed by atoms with Gasteiger partial charge in [0.15, 0.2) is 0 Å². The van der Waals surface area contributed by atoms with Crippen LogP contribution in [0.2, 0.25) is 0 Å². The van der Waals surface area contributed by atoms with Crippen LogP contribution in [0.4, 0.5) is 0 Å². The predicted molar refractivity (Wildman–Crippen MR) is 88.6 cm³/mol. The molecule has 0 aromatic rings. The van der Waals surface area contributed by atoms with E-state index < -0.39 is 54.2 Å². The Morgan fingerprint density at radius 2 is 1.48 bits per heavy atom. The zero-order valence-electron chi connectivity index (χ0n) is 13.3. The van der Waals surface area contributed by atoms with Crippen molar-refractivity contribution in [3.8, 4) is 0 Å². The first-order chi connectivity index (χ1) is 11.6. The molecule has 0 saturated carbocycles. The van der Waals surface area contributed by atoms with Crippen LogP contribution < -0.4 is 22.1 Å². The lowest BCUT2D eigenvalue weighted by atomic mass is 10.1. The highest BCUT2D eigenvalue weighted by Gasteiger charge is 2.27. The molecule has 25 heavy (non-hydrogen) atoms. The fourth-order valence-corrected chi connectivity index (χ4v) is 1.95. The van der Waals surface area contributed by atoms with Crippen LogP contribution >= 0.6 is 12.6 Å². The monoisotopic (exact) mass is 378 g/mol. The van der Waals surface area contributed by atoms with Gasteiger partial charge < -0.3 is 32.3 Å². The number of carbonyl (C=O) groups is 5. The van der Waals surface area contributed by atoms with Crippen molar-refractivity contribution in [3.05, 3.63) is 0 Å². The van der Waals surface area contributed by atoms with Crippen molar-refractivity contribution in [1.82, 2.24) is 10.6 Å². The summed E-state index contributed by atoms with van der Waals surface area (Å²) >= 11 is 3.79. The molecule has 0 aliphatic heterocycles. The number of carbonyl (C=O) groups excluding carboxylic acids is 3. The zero-order chi connectivity index (χ0) is 19.6. The molecule has 0 radical (unpaired) electrons. The molecule has 3 atom stereocenters. The van der Waals surface area contributed by atoms with Gasteiger partial charge in [-0.2, -0.15) is 12.6 Å². The van der Waals surface area contributed by atoms with Crippen molar-refractivity contribution < 1.29 is 34.2 Å². The van der Waals surface area contributed by atoms with Crippen LogP contribution in [0.1, 0.15) is 25.7 Å². The minimum Gasteiger partial charge on any atom is -0.481 e. The Balaban J connectivity index is 4.93. The van der Waals surface area contributed by atoms with E-state index in [0.29, 0.717) is 0 Å². The number of nitrogens with one attached hydrogen (secondary N) is 2. The average Bonchev–Trinajstić information content (AvgIpc) is 2.52. The standard InChI is InChI=1S/C13H22N4O7S/c14-6(1-3-9(15)18)11(21)16-7(2-4-10(19)20)12(22)17-8(5-25)13(23)24/h6-8,25H,1-5,14H2,(H2,15,18)(H,16,21)(H,17,22)(H,19,20)(H,23,24)/t6-,7-,8-/m0/s1. The molecule has 0 aliphatic carbocycles. The van der Waals surface area contributed by atoms with Crippen LogP contribution in [0.5, 0.6) is 0 Å². The van der Waals surface area contributed by atoms with E-state index in [2.05, 4.69) is 23.3 Å². The van der Waals surface area contributed by atoms with Crippen LogP contribution in [0.15, 0.2) is 0 Å². The minimum atomic E-state index is -1.33. The lowest BCUT2D eigenvalue weighted by molar-refractivity contribution is -0.142. The van der Waals surface area contributed by atoms with Crippen molar-refractivity contribution in [3.63, 3.8) is 0 Å². The number of hydrogen-bond acceptors (Lipinski definition) is 7. The maximum Gasteiger partial charge on any atom is 0.327 e.